The number of carbonyl (C=O) groups is 1. The Hall–Kier alpha value is -4.19. The van der Waals surface area contributed by atoms with Gasteiger partial charge in [-0.15, -0.1) is 11.3 Å². The summed E-state index contributed by atoms with van der Waals surface area (Å²) in [4.78, 5) is 28.3. The maximum absolute atomic E-state index is 17.0. The number of rotatable bonds is 9. The Labute approximate surface area is 306 Å². The molecule has 4 fully saturated rings. The highest BCUT2D eigenvalue weighted by Gasteiger charge is 2.49. The van der Waals surface area contributed by atoms with Gasteiger partial charge in [0.25, 0.3) is 5.91 Å². The molecule has 2 saturated carbocycles. The fourth-order valence-electron chi connectivity index (χ4n) is 8.48. The van der Waals surface area contributed by atoms with Gasteiger partial charge in [0, 0.05) is 30.0 Å². The van der Waals surface area contributed by atoms with Crippen LogP contribution >= 0.6 is 22.9 Å². The lowest BCUT2D eigenvalue weighted by Gasteiger charge is -2.31. The van der Waals surface area contributed by atoms with Crippen LogP contribution in [-0.2, 0) is 4.79 Å². The number of nitrogens with one attached hydrogen (secondary N) is 1. The SMILES string of the molecule is N#Cc1c(N)sc2c(F)ccc(-c3c(Cl)cc4c(OC5CCC(NC(=O)[C@@H]6N=C6C6CC6)CC5)nc(OC[C@@]56CCCN5C[C@H](F)C6)nc4c3F)c12. The van der Waals surface area contributed by atoms with Crippen LogP contribution in [0.15, 0.2) is 23.2 Å². The van der Waals surface area contributed by atoms with E-state index in [0.717, 1.165) is 49.3 Å². The molecule has 3 atom stereocenters. The van der Waals surface area contributed by atoms with Crippen LogP contribution in [0.5, 0.6) is 11.9 Å². The van der Waals surface area contributed by atoms with Gasteiger partial charge >= 0.3 is 6.01 Å². The number of fused-ring (bicyclic) bond motifs is 3. The number of hydrogen-bond acceptors (Lipinski definition) is 10. The molecular weight excluding hydrogens is 715 g/mol. The zero-order valence-electron chi connectivity index (χ0n) is 28.1. The van der Waals surface area contributed by atoms with Crippen molar-refractivity contribution >= 4 is 60.5 Å². The van der Waals surface area contributed by atoms with Crippen molar-refractivity contribution in [1.82, 2.24) is 20.2 Å². The van der Waals surface area contributed by atoms with E-state index < -0.39 is 23.3 Å². The number of nitrogens with two attached hydrogens (primary N) is 1. The summed E-state index contributed by atoms with van der Waals surface area (Å²) >= 11 is 7.72. The molecule has 5 aliphatic rings. The van der Waals surface area contributed by atoms with E-state index in [9.17, 15) is 18.8 Å². The molecule has 4 aromatic rings. The highest BCUT2D eigenvalue weighted by atomic mass is 35.5. The van der Waals surface area contributed by atoms with Crippen LogP contribution in [0, 0.1) is 28.9 Å². The van der Waals surface area contributed by atoms with Crippen LogP contribution in [-0.4, -0.2) is 76.1 Å². The molecule has 9 rings (SSSR count). The molecular formula is C37H35ClF3N7O3S. The van der Waals surface area contributed by atoms with Gasteiger partial charge in [-0.1, -0.05) is 17.7 Å². The minimum Gasteiger partial charge on any atom is -0.474 e. The summed E-state index contributed by atoms with van der Waals surface area (Å²) in [5.41, 5.74) is 6.61. The number of thiophene rings is 1. The topological polar surface area (TPSA) is 139 Å². The lowest BCUT2D eigenvalue weighted by atomic mass is 9.92. The molecule has 0 radical (unpaired) electrons. The van der Waals surface area contributed by atoms with Crippen LogP contribution in [0.1, 0.15) is 63.4 Å². The number of carbonyl (C=O) groups excluding carboxylic acids is 1. The number of nitriles is 1. The summed E-state index contributed by atoms with van der Waals surface area (Å²) in [5, 5.41) is 13.5. The average molecular weight is 750 g/mol. The molecule has 270 valence electrons. The number of alkyl halides is 1. The first kappa shape index (κ1) is 33.6. The summed E-state index contributed by atoms with van der Waals surface area (Å²) in [6.45, 7) is 1.24. The van der Waals surface area contributed by atoms with Gasteiger partial charge in [-0.2, -0.15) is 15.2 Å². The molecule has 2 aliphatic carbocycles. The lowest BCUT2D eigenvalue weighted by Crippen LogP contribution is -2.43. The summed E-state index contributed by atoms with van der Waals surface area (Å²) in [6, 6.07) is 5.65. The second kappa shape index (κ2) is 12.7. The van der Waals surface area contributed by atoms with E-state index in [-0.39, 0.29) is 90.3 Å². The summed E-state index contributed by atoms with van der Waals surface area (Å²) in [6.07, 6.45) is 5.58. The quantitative estimate of drug-likeness (QED) is 0.189. The van der Waals surface area contributed by atoms with E-state index in [1.807, 2.05) is 6.07 Å². The predicted molar refractivity (Wildman–Crippen MR) is 192 cm³/mol. The van der Waals surface area contributed by atoms with Gasteiger partial charge in [0.15, 0.2) is 11.9 Å². The summed E-state index contributed by atoms with van der Waals surface area (Å²) in [5.74, 6) is -0.891. The van der Waals surface area contributed by atoms with E-state index in [1.165, 1.54) is 18.2 Å². The lowest BCUT2D eigenvalue weighted by molar-refractivity contribution is -0.121. The third kappa shape index (κ3) is 5.81. The molecule has 5 heterocycles. The number of ether oxygens (including phenoxy) is 2. The second-order valence-corrected chi connectivity index (χ2v) is 16.2. The van der Waals surface area contributed by atoms with E-state index in [4.69, 9.17) is 26.8 Å². The predicted octanol–water partition coefficient (Wildman–Crippen LogP) is 6.89. The van der Waals surface area contributed by atoms with Crippen LogP contribution < -0.4 is 20.5 Å². The van der Waals surface area contributed by atoms with Gasteiger partial charge < -0.3 is 20.5 Å². The first-order chi connectivity index (χ1) is 25.1. The monoisotopic (exact) mass is 749 g/mol. The molecule has 0 unspecified atom stereocenters. The molecule has 0 spiro atoms. The zero-order valence-corrected chi connectivity index (χ0v) is 29.6. The van der Waals surface area contributed by atoms with Crippen molar-refractivity contribution in [3.05, 3.63) is 40.4 Å². The number of nitrogens with zero attached hydrogens (tertiary/aromatic N) is 5. The molecule has 1 amide bonds. The number of nitrogen functional groups attached to an aromatic ring is 1. The first-order valence-corrected chi connectivity index (χ1v) is 19.0. The number of aliphatic imine (C=N–C) groups is 1. The van der Waals surface area contributed by atoms with Gasteiger partial charge in [-0.3, -0.25) is 14.7 Å². The number of hydrogen-bond donors (Lipinski definition) is 2. The van der Waals surface area contributed by atoms with Crippen molar-refractivity contribution in [2.45, 2.75) is 87.7 Å². The fraction of sp³-hybridized carbons (Fsp3) is 0.486. The standard InChI is InChI=1S/C37H35ClF3N7O3S/c38-24-12-22-30(28(41)27(24)21-8-9-25(40)32-26(21)23(14-42)33(43)52-32)46-36(50-16-37-10-1-11-48(37)15-18(39)13-37)47-35(22)51-20-6-4-19(5-7-20)44-34(49)31-29(45-31)17-2-3-17/h8-9,12,17-20,31H,1-7,10-11,13,15-16,43H2,(H,44,49)/t18-,19?,20?,31-,37+/m1/s1. The third-order valence-corrected chi connectivity index (χ3v) is 12.6. The van der Waals surface area contributed by atoms with Gasteiger partial charge in [0.1, 0.15) is 41.3 Å². The van der Waals surface area contributed by atoms with Crippen LogP contribution in [0.3, 0.4) is 0 Å². The molecule has 2 saturated heterocycles. The van der Waals surface area contributed by atoms with Gasteiger partial charge in [0.2, 0.25) is 5.88 Å². The minimum absolute atomic E-state index is 0.00423. The zero-order chi connectivity index (χ0) is 35.9. The molecule has 52 heavy (non-hydrogen) atoms. The summed E-state index contributed by atoms with van der Waals surface area (Å²) in [7, 11) is 0. The molecule has 2 aromatic heterocycles. The van der Waals surface area contributed by atoms with Crippen molar-refractivity contribution in [3.63, 3.8) is 0 Å². The maximum atomic E-state index is 17.0. The molecule has 0 bridgehead atoms. The Morgan fingerprint density at radius 1 is 1.19 bits per heavy atom. The summed E-state index contributed by atoms with van der Waals surface area (Å²) < 4.78 is 59.2. The average Bonchev–Trinajstić information content (AvgIpc) is 4.02. The Bertz CT molecular complexity index is 2220. The van der Waals surface area contributed by atoms with Crippen molar-refractivity contribution in [2.75, 3.05) is 25.4 Å². The molecule has 3 N–H and O–H groups in total. The Morgan fingerprint density at radius 3 is 2.77 bits per heavy atom. The van der Waals surface area contributed by atoms with Crippen LogP contribution in [0.25, 0.3) is 32.1 Å². The highest BCUT2D eigenvalue weighted by Crippen LogP contribution is 2.46. The van der Waals surface area contributed by atoms with E-state index in [2.05, 4.69) is 25.2 Å². The largest absolute Gasteiger partial charge is 0.474 e. The van der Waals surface area contributed by atoms with E-state index in [0.29, 0.717) is 44.6 Å². The van der Waals surface area contributed by atoms with E-state index >= 15 is 4.39 Å². The van der Waals surface area contributed by atoms with E-state index in [1.54, 1.807) is 0 Å². The fourth-order valence-corrected chi connectivity index (χ4v) is 9.73. The van der Waals surface area contributed by atoms with Crippen molar-refractivity contribution in [1.29, 1.82) is 5.26 Å². The van der Waals surface area contributed by atoms with Gasteiger partial charge in [-0.25, -0.2) is 13.2 Å². The van der Waals surface area contributed by atoms with Crippen molar-refractivity contribution in [2.24, 2.45) is 10.9 Å². The third-order valence-electron chi connectivity index (χ3n) is 11.3. The number of anilines is 1. The number of aromatic nitrogens is 2. The smallest absolute Gasteiger partial charge is 0.320 e. The Kier molecular flexibility index (Phi) is 8.24. The highest BCUT2D eigenvalue weighted by molar-refractivity contribution is 7.23. The Morgan fingerprint density at radius 2 is 2.00 bits per heavy atom. The van der Waals surface area contributed by atoms with Crippen LogP contribution in [0.2, 0.25) is 5.02 Å². The van der Waals surface area contributed by atoms with Crippen molar-refractivity contribution in [3.8, 4) is 29.1 Å². The molecule has 3 aliphatic heterocycles. The number of amides is 1. The normalized spacial score (nSPS) is 27.0. The first-order valence-electron chi connectivity index (χ1n) is 17.8. The second-order valence-electron chi connectivity index (χ2n) is 14.7. The molecule has 10 nitrogen and oxygen atoms in total. The van der Waals surface area contributed by atoms with Crippen molar-refractivity contribution < 1.29 is 27.4 Å². The molecule has 15 heteroatoms. The molecule has 2 aromatic carbocycles. The van der Waals surface area contributed by atoms with Crippen LogP contribution in [0.4, 0.5) is 18.2 Å². The van der Waals surface area contributed by atoms with Gasteiger partial charge in [0.05, 0.1) is 31.9 Å². The minimum atomic E-state index is -0.962. The Balaban J connectivity index is 1.04. The number of halogens is 4. The number of benzene rings is 2. The maximum Gasteiger partial charge on any atom is 0.320 e. The van der Waals surface area contributed by atoms with Gasteiger partial charge in [-0.05, 0) is 81.5 Å².